The maximum atomic E-state index is 15.6. The number of aromatic nitrogens is 6. The molecule has 0 bridgehead atoms. The average molecular weight is 1200 g/mol. The molecule has 2 fully saturated rings. The Morgan fingerprint density at radius 3 is 1.03 bits per heavy atom. The molecule has 2 saturated heterocycles. The number of hydrogen-bond donors (Lipinski definition) is 0. The number of benzene rings is 8. The van der Waals surface area contributed by atoms with Gasteiger partial charge in [0, 0.05) is 56.0 Å². The van der Waals surface area contributed by atoms with Crippen molar-refractivity contribution in [3.63, 3.8) is 0 Å². The Kier molecular flexibility index (Phi) is 19.8. The minimum Gasteiger partial charge on any atom is -0.399 e. The third-order valence-corrected chi connectivity index (χ3v) is 16.2. The zero-order chi connectivity index (χ0) is 60.9. The van der Waals surface area contributed by atoms with Gasteiger partial charge in [-0.2, -0.15) is 0 Å². The lowest BCUT2D eigenvalue weighted by molar-refractivity contribution is 0.00578. The number of halogens is 3. The molecule has 2 aliphatic rings. The van der Waals surface area contributed by atoms with Crippen LogP contribution in [0.2, 0.25) is 5.15 Å². The molecule has 0 atom stereocenters. The van der Waals surface area contributed by atoms with E-state index in [9.17, 15) is 4.39 Å². The van der Waals surface area contributed by atoms with E-state index in [0.717, 1.165) is 55.8 Å². The zero-order valence-electron chi connectivity index (χ0n) is 49.6. The first kappa shape index (κ1) is 64.6. The molecule has 5 heterocycles. The minimum atomic E-state index is -0.757. The molecule has 10 nitrogen and oxygen atoms in total. The van der Waals surface area contributed by atoms with Crippen molar-refractivity contribution in [3.05, 3.63) is 253 Å². The van der Waals surface area contributed by atoms with Crippen LogP contribution in [0.1, 0.15) is 70.2 Å². The molecule has 3 aromatic heterocycles. The Morgan fingerprint density at radius 2 is 0.629 bits per heavy atom. The van der Waals surface area contributed by atoms with E-state index < -0.39 is 36.6 Å². The van der Waals surface area contributed by atoms with Gasteiger partial charge in [-0.15, -0.1) is 0 Å². The van der Waals surface area contributed by atoms with Gasteiger partial charge in [-0.25, -0.2) is 38.7 Å². The van der Waals surface area contributed by atoms with Gasteiger partial charge in [0.25, 0.3) is 0 Å². The Hall–Kier alpha value is -8.88. The molecular formula is C74H71B2ClF2N6O4. The van der Waals surface area contributed by atoms with E-state index in [1.165, 1.54) is 12.1 Å². The Labute approximate surface area is 527 Å². The highest BCUT2D eigenvalue weighted by Crippen LogP contribution is 2.39. The highest BCUT2D eigenvalue weighted by atomic mass is 35.5. The van der Waals surface area contributed by atoms with Crippen molar-refractivity contribution in [2.75, 3.05) is 0 Å². The van der Waals surface area contributed by atoms with Crippen LogP contribution in [0.15, 0.2) is 237 Å². The molecule has 15 heteroatoms. The summed E-state index contributed by atoms with van der Waals surface area (Å²) < 4.78 is 54.2. The van der Waals surface area contributed by atoms with Crippen molar-refractivity contribution >= 4 is 36.8 Å². The summed E-state index contributed by atoms with van der Waals surface area (Å²) in [5.74, 6) is 1.04. The Balaban J connectivity index is 0.000000173. The fourth-order valence-electron chi connectivity index (χ4n) is 9.74. The maximum absolute atomic E-state index is 15.6. The first-order valence-corrected chi connectivity index (χ1v) is 29.1. The molecule has 448 valence electrons. The summed E-state index contributed by atoms with van der Waals surface area (Å²) in [6.45, 7) is 15.8. The van der Waals surface area contributed by atoms with E-state index >= 15 is 4.39 Å². The predicted molar refractivity (Wildman–Crippen MR) is 359 cm³/mol. The Bertz CT molecular complexity index is 3970. The van der Waals surface area contributed by atoms with E-state index in [1.54, 1.807) is 24.3 Å². The second-order valence-electron chi connectivity index (χ2n) is 23.2. The molecule has 0 saturated carbocycles. The molecule has 8 aromatic carbocycles. The largest absolute Gasteiger partial charge is 0.497 e. The molecule has 89 heavy (non-hydrogen) atoms. The first-order valence-electron chi connectivity index (χ1n) is 28.8. The molecule has 0 amide bonds. The van der Waals surface area contributed by atoms with Crippen LogP contribution in [-0.2, 0) is 18.6 Å². The Morgan fingerprint density at radius 1 is 0.315 bits per heavy atom. The van der Waals surface area contributed by atoms with Gasteiger partial charge in [0.05, 0.1) is 50.9 Å². The molecule has 0 radical (unpaired) electrons. The van der Waals surface area contributed by atoms with E-state index in [-0.39, 0.29) is 26.5 Å². The average Bonchev–Trinajstić information content (AvgIpc) is 2.00. The first-order chi connectivity index (χ1) is 41.8. The summed E-state index contributed by atoms with van der Waals surface area (Å²) >= 11 is 6.10. The van der Waals surface area contributed by atoms with Gasteiger partial charge in [0.15, 0.2) is 17.5 Å². The van der Waals surface area contributed by atoms with Gasteiger partial charge in [-0.3, -0.25) is 0 Å². The van der Waals surface area contributed by atoms with E-state index in [2.05, 4.69) is 9.97 Å². The SMILES string of the molecule is C.C.CC1(C)OB(c2ccc(F)c(B3OC(C)(C)C(C)(C)O3)c2)OC1(C)C.Clc1cc(-c2ccccc2)nc(-c2ccccc2)n1.Fc1ccc(-c2cc(-c3ccccc3)nc(-c3ccccc3)n2)cc1-c1cc(-c2ccccc2)nc(-c2ccccc2)n1. The van der Waals surface area contributed by atoms with Crippen LogP contribution in [0.25, 0.3) is 90.5 Å². The topological polar surface area (TPSA) is 114 Å². The summed E-state index contributed by atoms with van der Waals surface area (Å²) in [5, 5.41) is 0.452. The quantitative estimate of drug-likeness (QED) is 0.0968. The smallest absolute Gasteiger partial charge is 0.399 e. The lowest BCUT2D eigenvalue weighted by Crippen LogP contribution is -2.42. The standard InChI is InChI=1S/C38H25FN4.C18H27B2FO4.C16H11ClN2.2CH4/c39-32-22-21-30(35-24-33(26-13-5-1-6-14-26)40-37(42-35)28-17-9-3-10-18-28)23-31(32)36-25-34(27-15-7-2-8-16-27)41-38(43-36)29-19-11-4-12-20-29;1-15(2)16(3,4)23-19(22-15)12-9-10-14(21)13(11-12)20-24-17(5,6)18(7,8)25-20;17-15-11-14(12-7-3-1-4-8-12)18-16(19-15)13-9-5-2-6-10-13;;/h1-25H;9-11H,1-8H3;1-11H;2*1H4. The van der Waals surface area contributed by atoms with Gasteiger partial charge in [0.2, 0.25) is 0 Å². The van der Waals surface area contributed by atoms with E-state index in [1.807, 2.05) is 256 Å². The van der Waals surface area contributed by atoms with E-state index in [4.69, 9.17) is 50.2 Å². The van der Waals surface area contributed by atoms with Gasteiger partial charge < -0.3 is 18.6 Å². The van der Waals surface area contributed by atoms with Crippen LogP contribution in [0.3, 0.4) is 0 Å². The molecule has 0 unspecified atom stereocenters. The third kappa shape index (κ3) is 14.7. The normalized spacial score (nSPS) is 14.9. The second-order valence-corrected chi connectivity index (χ2v) is 23.6. The fourth-order valence-corrected chi connectivity index (χ4v) is 9.92. The summed E-state index contributed by atoms with van der Waals surface area (Å²) in [6, 6.07) is 74.7. The monoisotopic (exact) mass is 1200 g/mol. The van der Waals surface area contributed by atoms with Crippen LogP contribution in [0, 0.1) is 11.6 Å². The van der Waals surface area contributed by atoms with Crippen LogP contribution >= 0.6 is 11.6 Å². The zero-order valence-corrected chi connectivity index (χ0v) is 50.4. The number of nitrogens with zero attached hydrogens (tertiary/aromatic N) is 6. The molecule has 11 aromatic rings. The molecule has 0 aliphatic carbocycles. The predicted octanol–water partition coefficient (Wildman–Crippen LogP) is 17.6. The van der Waals surface area contributed by atoms with Gasteiger partial charge in [-0.1, -0.05) is 221 Å². The van der Waals surface area contributed by atoms with Crippen molar-refractivity contribution in [2.24, 2.45) is 0 Å². The minimum absolute atomic E-state index is 0. The van der Waals surface area contributed by atoms with Crippen LogP contribution < -0.4 is 10.9 Å². The molecule has 13 rings (SSSR count). The highest BCUT2D eigenvalue weighted by molar-refractivity contribution is 6.66. The fraction of sp³-hybridized carbons (Fsp3) is 0.189. The third-order valence-electron chi connectivity index (χ3n) is 16.0. The van der Waals surface area contributed by atoms with Gasteiger partial charge in [-0.05, 0) is 97.3 Å². The number of rotatable bonds is 10. The van der Waals surface area contributed by atoms with Crippen molar-refractivity contribution in [1.29, 1.82) is 0 Å². The van der Waals surface area contributed by atoms with Gasteiger partial charge in [0.1, 0.15) is 16.8 Å². The molecule has 2 aliphatic heterocycles. The summed E-state index contributed by atoms with van der Waals surface area (Å²) in [7, 11) is -1.31. The summed E-state index contributed by atoms with van der Waals surface area (Å²) in [5.41, 5.74) is 9.48. The van der Waals surface area contributed by atoms with E-state index in [0.29, 0.717) is 50.7 Å². The lowest BCUT2D eigenvalue weighted by atomic mass is 9.71. The maximum Gasteiger partial charge on any atom is 0.497 e. The van der Waals surface area contributed by atoms with Crippen molar-refractivity contribution in [2.45, 2.75) is 92.6 Å². The van der Waals surface area contributed by atoms with Crippen LogP contribution in [-0.4, -0.2) is 66.5 Å². The van der Waals surface area contributed by atoms with Crippen LogP contribution in [0.4, 0.5) is 8.78 Å². The lowest BCUT2D eigenvalue weighted by Gasteiger charge is -2.32. The summed E-state index contributed by atoms with van der Waals surface area (Å²) in [4.78, 5) is 28.4. The van der Waals surface area contributed by atoms with Crippen molar-refractivity contribution in [3.8, 4) is 90.5 Å². The summed E-state index contributed by atoms with van der Waals surface area (Å²) in [6.07, 6.45) is 0. The van der Waals surface area contributed by atoms with Crippen LogP contribution in [0.5, 0.6) is 0 Å². The van der Waals surface area contributed by atoms with Crippen molar-refractivity contribution < 1.29 is 27.4 Å². The van der Waals surface area contributed by atoms with Gasteiger partial charge >= 0.3 is 14.2 Å². The molecule has 0 N–H and O–H groups in total. The molecular weight excluding hydrogens is 1130 g/mol. The highest BCUT2D eigenvalue weighted by Gasteiger charge is 2.54. The second kappa shape index (κ2) is 27.2. The molecule has 0 spiro atoms. The van der Waals surface area contributed by atoms with Crippen molar-refractivity contribution in [1.82, 2.24) is 29.9 Å². The number of hydrogen-bond acceptors (Lipinski definition) is 10.